The van der Waals surface area contributed by atoms with E-state index in [0.717, 1.165) is 19.4 Å². The quantitative estimate of drug-likeness (QED) is 0.731. The fraction of sp³-hybridized carbons (Fsp3) is 0.462. The number of amides is 1. The Kier molecular flexibility index (Phi) is 4.63. The zero-order valence-corrected chi connectivity index (χ0v) is 11.4. The van der Waals surface area contributed by atoms with E-state index in [4.69, 9.17) is 17.3 Å². The van der Waals surface area contributed by atoms with E-state index in [9.17, 15) is 9.90 Å². The van der Waals surface area contributed by atoms with Crippen LogP contribution in [0.3, 0.4) is 0 Å². The van der Waals surface area contributed by atoms with Crippen LogP contribution >= 0.6 is 11.6 Å². The Morgan fingerprint density at radius 1 is 1.58 bits per heavy atom. The largest absolute Gasteiger partial charge is 0.397 e. The first-order chi connectivity index (χ1) is 9.04. The maximum atomic E-state index is 11.9. The van der Waals surface area contributed by atoms with Gasteiger partial charge in [-0.15, -0.1) is 0 Å². The first kappa shape index (κ1) is 14.1. The van der Waals surface area contributed by atoms with E-state index in [-0.39, 0.29) is 18.6 Å². The number of hydrogen-bond donors (Lipinski definition) is 3. The van der Waals surface area contributed by atoms with Gasteiger partial charge in [0.05, 0.1) is 23.4 Å². The number of piperidine rings is 1. The van der Waals surface area contributed by atoms with Crippen molar-refractivity contribution in [3.8, 4) is 0 Å². The molecule has 5 nitrogen and oxygen atoms in total. The minimum Gasteiger partial charge on any atom is -0.397 e. The van der Waals surface area contributed by atoms with Crippen molar-refractivity contribution in [3.63, 3.8) is 0 Å². The van der Waals surface area contributed by atoms with Crippen LogP contribution in [-0.4, -0.2) is 41.7 Å². The lowest BCUT2D eigenvalue weighted by atomic mass is 10.1. The average Bonchev–Trinajstić information content (AvgIpc) is 2.34. The number of likely N-dealkylation sites (tertiary alicyclic amines) is 1. The SMILES string of the molecule is Nc1cc(NC(=O)CN2CCCC(O)C2)ccc1Cl. The van der Waals surface area contributed by atoms with Crippen molar-refractivity contribution >= 4 is 28.9 Å². The third kappa shape index (κ3) is 4.09. The van der Waals surface area contributed by atoms with Gasteiger partial charge in [0.1, 0.15) is 0 Å². The number of aliphatic hydroxyl groups excluding tert-OH is 1. The monoisotopic (exact) mass is 283 g/mol. The van der Waals surface area contributed by atoms with E-state index < -0.39 is 0 Å². The normalized spacial score (nSPS) is 20.2. The van der Waals surface area contributed by atoms with Gasteiger partial charge in [-0.3, -0.25) is 9.69 Å². The number of nitrogens with one attached hydrogen (secondary N) is 1. The van der Waals surface area contributed by atoms with Crippen LogP contribution in [0.5, 0.6) is 0 Å². The Hall–Kier alpha value is -1.30. The molecule has 0 spiro atoms. The van der Waals surface area contributed by atoms with Gasteiger partial charge in [-0.2, -0.15) is 0 Å². The molecular formula is C13H18ClN3O2. The number of hydrogen-bond acceptors (Lipinski definition) is 4. The second-order valence-corrected chi connectivity index (χ2v) is 5.22. The molecule has 0 aromatic heterocycles. The van der Waals surface area contributed by atoms with Crippen molar-refractivity contribution < 1.29 is 9.90 Å². The summed E-state index contributed by atoms with van der Waals surface area (Å²) < 4.78 is 0. The molecule has 0 saturated carbocycles. The second kappa shape index (κ2) is 6.23. The molecule has 1 amide bonds. The maximum absolute atomic E-state index is 11.9. The Bertz CT molecular complexity index is 467. The predicted octanol–water partition coefficient (Wildman–Crippen LogP) is 1.32. The van der Waals surface area contributed by atoms with Crippen molar-refractivity contribution in [2.45, 2.75) is 18.9 Å². The molecule has 19 heavy (non-hydrogen) atoms. The maximum Gasteiger partial charge on any atom is 0.238 e. The van der Waals surface area contributed by atoms with Crippen molar-refractivity contribution in [2.24, 2.45) is 0 Å². The van der Waals surface area contributed by atoms with Crippen LogP contribution in [0.15, 0.2) is 18.2 Å². The van der Waals surface area contributed by atoms with E-state index in [2.05, 4.69) is 5.32 Å². The summed E-state index contributed by atoms with van der Waals surface area (Å²) in [5, 5.41) is 12.8. The van der Waals surface area contributed by atoms with Crippen LogP contribution in [0, 0.1) is 0 Å². The molecule has 0 aliphatic carbocycles. The summed E-state index contributed by atoms with van der Waals surface area (Å²) in [4.78, 5) is 13.8. The lowest BCUT2D eigenvalue weighted by molar-refractivity contribution is -0.118. The molecule has 4 N–H and O–H groups in total. The molecule has 6 heteroatoms. The zero-order valence-electron chi connectivity index (χ0n) is 10.6. The van der Waals surface area contributed by atoms with Gasteiger partial charge in [-0.1, -0.05) is 11.6 Å². The van der Waals surface area contributed by atoms with Crippen LogP contribution in [0.1, 0.15) is 12.8 Å². The van der Waals surface area contributed by atoms with Gasteiger partial charge in [-0.25, -0.2) is 0 Å². The third-order valence-corrected chi connectivity index (χ3v) is 3.47. The van der Waals surface area contributed by atoms with Crippen molar-refractivity contribution in [2.75, 3.05) is 30.7 Å². The molecule has 1 aliphatic heterocycles. The summed E-state index contributed by atoms with van der Waals surface area (Å²) in [6.07, 6.45) is 1.40. The smallest absolute Gasteiger partial charge is 0.238 e. The van der Waals surface area contributed by atoms with Gasteiger partial charge in [0.25, 0.3) is 0 Å². The second-order valence-electron chi connectivity index (χ2n) is 4.82. The summed E-state index contributed by atoms with van der Waals surface area (Å²) in [6.45, 7) is 1.67. The number of anilines is 2. The van der Waals surface area contributed by atoms with Crippen molar-refractivity contribution in [3.05, 3.63) is 23.2 Å². The molecular weight excluding hydrogens is 266 g/mol. The van der Waals surface area contributed by atoms with Gasteiger partial charge >= 0.3 is 0 Å². The number of carbonyl (C=O) groups is 1. The molecule has 1 aliphatic rings. The summed E-state index contributed by atoms with van der Waals surface area (Å²) in [6, 6.07) is 4.99. The van der Waals surface area contributed by atoms with E-state index in [1.54, 1.807) is 18.2 Å². The van der Waals surface area contributed by atoms with Gasteiger partial charge in [0.15, 0.2) is 0 Å². The number of nitrogen functional groups attached to an aromatic ring is 1. The highest BCUT2D eigenvalue weighted by Gasteiger charge is 2.19. The molecule has 0 radical (unpaired) electrons. The zero-order chi connectivity index (χ0) is 13.8. The number of benzene rings is 1. The average molecular weight is 284 g/mol. The highest BCUT2D eigenvalue weighted by atomic mass is 35.5. The molecule has 104 valence electrons. The standard InChI is InChI=1S/C13H18ClN3O2/c14-11-4-3-9(6-12(11)15)16-13(19)8-17-5-1-2-10(18)7-17/h3-4,6,10,18H,1-2,5,7-8,15H2,(H,16,19). The number of aliphatic hydroxyl groups is 1. The van der Waals surface area contributed by atoms with Crippen molar-refractivity contribution in [1.29, 1.82) is 0 Å². The minimum atomic E-state index is -0.326. The number of nitrogens with two attached hydrogens (primary N) is 1. The number of β-amino-alcohol motifs (C(OH)–C–C–N with tert-alkyl or cyclic N) is 1. The van der Waals surface area contributed by atoms with E-state index in [1.807, 2.05) is 4.90 Å². The van der Waals surface area contributed by atoms with Gasteiger partial charge < -0.3 is 16.2 Å². The van der Waals surface area contributed by atoms with Crippen molar-refractivity contribution in [1.82, 2.24) is 4.90 Å². The lowest BCUT2D eigenvalue weighted by Gasteiger charge is -2.29. The predicted molar refractivity (Wildman–Crippen MR) is 76.2 cm³/mol. The van der Waals surface area contributed by atoms with Crippen LogP contribution in [0.2, 0.25) is 5.02 Å². The van der Waals surface area contributed by atoms with Crippen LogP contribution in [0.4, 0.5) is 11.4 Å². The highest BCUT2D eigenvalue weighted by molar-refractivity contribution is 6.33. The topological polar surface area (TPSA) is 78.6 Å². The lowest BCUT2D eigenvalue weighted by Crippen LogP contribution is -2.42. The fourth-order valence-corrected chi connectivity index (χ4v) is 2.32. The number of carbonyl (C=O) groups excluding carboxylic acids is 1. The molecule has 1 aromatic rings. The Morgan fingerprint density at radius 3 is 3.05 bits per heavy atom. The molecule has 0 bridgehead atoms. The number of rotatable bonds is 3. The Balaban J connectivity index is 1.88. The summed E-state index contributed by atoms with van der Waals surface area (Å²) in [7, 11) is 0. The molecule has 1 atom stereocenters. The summed E-state index contributed by atoms with van der Waals surface area (Å²) in [5.41, 5.74) is 6.74. The molecule has 1 heterocycles. The Labute approximate surface area is 117 Å². The summed E-state index contributed by atoms with van der Waals surface area (Å²) >= 11 is 5.82. The molecule has 1 unspecified atom stereocenters. The molecule has 2 rings (SSSR count). The highest BCUT2D eigenvalue weighted by Crippen LogP contribution is 2.22. The fourth-order valence-electron chi connectivity index (χ4n) is 2.20. The van der Waals surface area contributed by atoms with Gasteiger partial charge in [0.2, 0.25) is 5.91 Å². The molecule has 1 fully saturated rings. The van der Waals surface area contributed by atoms with Gasteiger partial charge in [-0.05, 0) is 37.6 Å². The van der Waals surface area contributed by atoms with Crippen LogP contribution < -0.4 is 11.1 Å². The first-order valence-corrected chi connectivity index (χ1v) is 6.67. The van der Waals surface area contributed by atoms with Crippen LogP contribution in [0.25, 0.3) is 0 Å². The first-order valence-electron chi connectivity index (χ1n) is 6.30. The molecule has 1 saturated heterocycles. The van der Waals surface area contributed by atoms with Crippen LogP contribution in [-0.2, 0) is 4.79 Å². The van der Waals surface area contributed by atoms with E-state index in [0.29, 0.717) is 22.9 Å². The Morgan fingerprint density at radius 2 is 2.37 bits per heavy atom. The number of halogens is 1. The minimum absolute atomic E-state index is 0.115. The van der Waals surface area contributed by atoms with E-state index in [1.165, 1.54) is 0 Å². The molecule has 1 aromatic carbocycles. The number of nitrogens with zero attached hydrogens (tertiary/aromatic N) is 1. The summed E-state index contributed by atoms with van der Waals surface area (Å²) in [5.74, 6) is -0.115. The van der Waals surface area contributed by atoms with E-state index >= 15 is 0 Å². The van der Waals surface area contributed by atoms with Gasteiger partial charge in [0, 0.05) is 12.2 Å². The third-order valence-electron chi connectivity index (χ3n) is 3.13.